The molecule has 2 heterocycles. The van der Waals surface area contributed by atoms with Gasteiger partial charge in [0.25, 0.3) is 0 Å². The average Bonchev–Trinajstić information content (AvgIpc) is 2.76. The Morgan fingerprint density at radius 3 is 2.77 bits per heavy atom. The summed E-state index contributed by atoms with van der Waals surface area (Å²) in [4.78, 5) is 16.5. The largest absolute Gasteiger partial charge is 0.374 e. The minimum atomic E-state index is -2.97. The molecule has 2 aliphatic rings. The highest BCUT2D eigenvalue weighted by Gasteiger charge is 2.32. The molecular weight excluding hydrogens is 306 g/mol. The molecule has 0 aromatic heterocycles. The van der Waals surface area contributed by atoms with E-state index in [0.717, 1.165) is 19.6 Å². The Bertz CT molecular complexity index is 494. The van der Waals surface area contributed by atoms with Crippen LogP contribution in [0.15, 0.2) is 0 Å². The predicted octanol–water partition coefficient (Wildman–Crippen LogP) is -1.06. The molecule has 3 atom stereocenters. The highest BCUT2D eigenvalue weighted by molar-refractivity contribution is 7.91. The van der Waals surface area contributed by atoms with E-state index >= 15 is 0 Å². The van der Waals surface area contributed by atoms with Gasteiger partial charge in [-0.3, -0.25) is 9.69 Å². The Kier molecular flexibility index (Phi) is 5.81. The van der Waals surface area contributed by atoms with Gasteiger partial charge in [-0.2, -0.15) is 0 Å². The molecular formula is C14H27N3O4S. The van der Waals surface area contributed by atoms with Crippen molar-refractivity contribution in [3.05, 3.63) is 0 Å². The van der Waals surface area contributed by atoms with Crippen molar-refractivity contribution in [3.8, 4) is 0 Å². The minimum absolute atomic E-state index is 0.0673. The lowest BCUT2D eigenvalue weighted by molar-refractivity contribution is -0.130. The smallest absolute Gasteiger partial charge is 0.237 e. The second kappa shape index (κ2) is 7.25. The maximum atomic E-state index is 12.3. The number of hydrogen-bond acceptors (Lipinski definition) is 6. The number of carbonyl (C=O) groups excluding carboxylic acids is 1. The van der Waals surface area contributed by atoms with Gasteiger partial charge in [-0.15, -0.1) is 0 Å². The van der Waals surface area contributed by atoms with Crippen LogP contribution in [-0.2, 0) is 19.4 Å². The zero-order chi connectivity index (χ0) is 16.3. The number of nitrogens with one attached hydrogen (secondary N) is 1. The molecule has 0 aromatic rings. The van der Waals surface area contributed by atoms with Crippen LogP contribution in [-0.4, -0.2) is 94.2 Å². The van der Waals surface area contributed by atoms with Gasteiger partial charge in [-0.05, 0) is 27.4 Å². The molecule has 2 saturated heterocycles. The number of carbonyl (C=O) groups is 1. The van der Waals surface area contributed by atoms with Crippen molar-refractivity contribution < 1.29 is 17.9 Å². The predicted molar refractivity (Wildman–Crippen MR) is 84.5 cm³/mol. The lowest BCUT2D eigenvalue weighted by atomic mass is 10.1. The topological polar surface area (TPSA) is 79.0 Å². The number of likely N-dealkylation sites (N-methyl/N-ethyl adjacent to an activating group) is 1. The lowest BCUT2D eigenvalue weighted by Crippen LogP contribution is -2.55. The molecule has 128 valence electrons. The van der Waals surface area contributed by atoms with Gasteiger partial charge in [0.1, 0.15) is 0 Å². The number of nitrogens with zero attached hydrogens (tertiary/aromatic N) is 2. The van der Waals surface area contributed by atoms with Gasteiger partial charge >= 0.3 is 0 Å². The van der Waals surface area contributed by atoms with Gasteiger partial charge in [0.2, 0.25) is 5.91 Å². The van der Waals surface area contributed by atoms with E-state index in [-0.39, 0.29) is 35.6 Å². The molecule has 2 aliphatic heterocycles. The number of amides is 1. The number of hydrogen-bond donors (Lipinski definition) is 1. The third-order valence-electron chi connectivity index (χ3n) is 4.24. The van der Waals surface area contributed by atoms with Gasteiger partial charge in [0.15, 0.2) is 9.84 Å². The van der Waals surface area contributed by atoms with Crippen molar-refractivity contribution >= 4 is 15.7 Å². The molecule has 1 amide bonds. The first-order valence-electron chi connectivity index (χ1n) is 7.78. The number of morpholine rings is 1. The van der Waals surface area contributed by atoms with Gasteiger partial charge < -0.3 is 15.0 Å². The van der Waals surface area contributed by atoms with E-state index < -0.39 is 9.84 Å². The first-order valence-corrected chi connectivity index (χ1v) is 9.60. The van der Waals surface area contributed by atoms with Crippen molar-refractivity contribution in [3.63, 3.8) is 0 Å². The van der Waals surface area contributed by atoms with Gasteiger partial charge in [0, 0.05) is 25.7 Å². The zero-order valence-electron chi connectivity index (χ0n) is 13.6. The maximum Gasteiger partial charge on any atom is 0.237 e. The van der Waals surface area contributed by atoms with Crippen LogP contribution in [0, 0.1) is 0 Å². The van der Waals surface area contributed by atoms with E-state index in [1.165, 1.54) is 0 Å². The van der Waals surface area contributed by atoms with Crippen LogP contribution in [0.4, 0.5) is 0 Å². The highest BCUT2D eigenvalue weighted by atomic mass is 32.2. The summed E-state index contributed by atoms with van der Waals surface area (Å²) in [6.07, 6.45) is 0.624. The van der Waals surface area contributed by atoms with E-state index in [9.17, 15) is 13.2 Å². The number of rotatable bonds is 5. The summed E-state index contributed by atoms with van der Waals surface area (Å²) in [7, 11) is 1.03. The SMILES string of the molecule is C[C@H](C(=O)N[C@H]1CCS(=O)(=O)C1)N1CCO[C@@H](CN(C)C)C1. The molecule has 0 aromatic carbocycles. The fourth-order valence-electron chi connectivity index (χ4n) is 3.01. The molecule has 22 heavy (non-hydrogen) atoms. The molecule has 2 fully saturated rings. The Labute approximate surface area is 132 Å². The summed E-state index contributed by atoms with van der Waals surface area (Å²) in [6.45, 7) is 4.76. The van der Waals surface area contributed by atoms with E-state index in [2.05, 4.69) is 15.1 Å². The highest BCUT2D eigenvalue weighted by Crippen LogP contribution is 2.13. The fraction of sp³-hybridized carbons (Fsp3) is 0.929. The summed E-state index contributed by atoms with van der Waals surface area (Å²) in [6, 6.07) is -0.504. The Hall–Kier alpha value is -0.700. The molecule has 0 unspecified atom stereocenters. The first kappa shape index (κ1) is 17.7. The standard InChI is InChI=1S/C14H27N3O4S/c1-11(14(18)15-12-4-7-22(19,20)10-12)17-5-6-21-13(9-17)8-16(2)3/h11-13H,4-10H2,1-3H3,(H,15,18)/t11-,12+,13+/m1/s1. The summed E-state index contributed by atoms with van der Waals surface area (Å²) in [5, 5.41) is 2.88. The Balaban J connectivity index is 1.84. The first-order chi connectivity index (χ1) is 10.3. The van der Waals surface area contributed by atoms with Crippen LogP contribution in [0.3, 0.4) is 0 Å². The van der Waals surface area contributed by atoms with Crippen LogP contribution in [0.5, 0.6) is 0 Å². The van der Waals surface area contributed by atoms with E-state index in [0.29, 0.717) is 13.0 Å². The monoisotopic (exact) mass is 333 g/mol. The molecule has 0 radical (unpaired) electrons. The second-order valence-electron chi connectivity index (χ2n) is 6.53. The number of ether oxygens (including phenoxy) is 1. The average molecular weight is 333 g/mol. The van der Waals surface area contributed by atoms with Crippen LogP contribution >= 0.6 is 0 Å². The summed E-state index contributed by atoms with van der Waals surface area (Å²) in [5.41, 5.74) is 0. The molecule has 0 bridgehead atoms. The molecule has 2 rings (SSSR count). The Morgan fingerprint density at radius 2 is 2.18 bits per heavy atom. The molecule has 0 spiro atoms. The van der Waals surface area contributed by atoms with Gasteiger partial charge in [-0.25, -0.2) is 8.42 Å². The third kappa shape index (κ3) is 4.91. The van der Waals surface area contributed by atoms with Crippen molar-refractivity contribution in [2.75, 3.05) is 51.8 Å². The van der Waals surface area contributed by atoms with Crippen LogP contribution in [0.1, 0.15) is 13.3 Å². The van der Waals surface area contributed by atoms with Crippen molar-refractivity contribution in [1.29, 1.82) is 0 Å². The second-order valence-corrected chi connectivity index (χ2v) is 8.76. The zero-order valence-corrected chi connectivity index (χ0v) is 14.4. The molecule has 0 aliphatic carbocycles. The minimum Gasteiger partial charge on any atom is -0.374 e. The fourth-order valence-corrected chi connectivity index (χ4v) is 4.68. The van der Waals surface area contributed by atoms with Crippen LogP contribution in [0.25, 0.3) is 0 Å². The van der Waals surface area contributed by atoms with Crippen molar-refractivity contribution in [2.45, 2.75) is 31.5 Å². The van der Waals surface area contributed by atoms with Crippen LogP contribution in [0.2, 0.25) is 0 Å². The van der Waals surface area contributed by atoms with Gasteiger partial charge in [-0.1, -0.05) is 0 Å². The van der Waals surface area contributed by atoms with E-state index in [1.807, 2.05) is 21.0 Å². The summed E-state index contributed by atoms with van der Waals surface area (Å²) < 4.78 is 28.6. The van der Waals surface area contributed by atoms with Gasteiger partial charge in [0.05, 0.1) is 30.3 Å². The molecule has 7 nitrogen and oxygen atoms in total. The summed E-state index contributed by atoms with van der Waals surface area (Å²) >= 11 is 0. The normalized spacial score (nSPS) is 30.4. The number of sulfone groups is 1. The lowest BCUT2D eigenvalue weighted by Gasteiger charge is -2.37. The van der Waals surface area contributed by atoms with Crippen molar-refractivity contribution in [1.82, 2.24) is 15.1 Å². The van der Waals surface area contributed by atoms with E-state index in [4.69, 9.17) is 4.74 Å². The van der Waals surface area contributed by atoms with E-state index in [1.54, 1.807) is 0 Å². The third-order valence-corrected chi connectivity index (χ3v) is 6.01. The molecule has 0 saturated carbocycles. The van der Waals surface area contributed by atoms with Crippen LogP contribution < -0.4 is 5.32 Å². The molecule has 8 heteroatoms. The van der Waals surface area contributed by atoms with Crippen molar-refractivity contribution in [2.24, 2.45) is 0 Å². The summed E-state index contributed by atoms with van der Waals surface area (Å²) in [5.74, 6) is 0.152. The Morgan fingerprint density at radius 1 is 1.45 bits per heavy atom. The quantitative estimate of drug-likeness (QED) is 0.691. The molecule has 1 N–H and O–H groups in total. The maximum absolute atomic E-state index is 12.3.